The molecular formula is C39H61BO11. The van der Waals surface area contributed by atoms with E-state index in [4.69, 9.17) is 33.0 Å². The van der Waals surface area contributed by atoms with Gasteiger partial charge in [0.05, 0.1) is 32.9 Å². The number of rotatable bonds is 7. The Morgan fingerprint density at radius 2 is 1.06 bits per heavy atom. The number of aryl methyl sites for hydroxylation is 1. The normalized spacial score (nSPS) is 25.2. The van der Waals surface area contributed by atoms with Crippen molar-refractivity contribution in [1.82, 2.24) is 0 Å². The molecule has 0 bridgehead atoms. The molecule has 2 heterocycles. The maximum absolute atomic E-state index is 13.6. The summed E-state index contributed by atoms with van der Waals surface area (Å²) in [6, 6.07) is 5.60. The smallest absolute Gasteiger partial charge is 0.462 e. The van der Waals surface area contributed by atoms with Crippen molar-refractivity contribution in [3.05, 3.63) is 29.3 Å². The summed E-state index contributed by atoms with van der Waals surface area (Å²) in [5.74, 6) is -2.30. The number of hydrogen-bond acceptors (Lipinski definition) is 11. The fourth-order valence-corrected chi connectivity index (χ4v) is 5.12. The summed E-state index contributed by atoms with van der Waals surface area (Å²) in [7, 11) is -0.629. The molecule has 5 atom stereocenters. The fraction of sp³-hybridized carbons (Fsp3) is 0.744. The monoisotopic (exact) mass is 716 g/mol. The number of hydrogen-bond donors (Lipinski definition) is 0. The van der Waals surface area contributed by atoms with E-state index in [1.165, 1.54) is 0 Å². The highest BCUT2D eigenvalue weighted by Crippen LogP contribution is 2.42. The third-order valence-corrected chi connectivity index (χ3v) is 9.32. The lowest BCUT2D eigenvalue weighted by Crippen LogP contribution is -2.61. The number of benzene rings is 1. The van der Waals surface area contributed by atoms with Crippen LogP contribution in [0.25, 0.3) is 0 Å². The molecule has 11 nitrogen and oxygen atoms in total. The number of esters is 4. The molecule has 1 aromatic carbocycles. The summed E-state index contributed by atoms with van der Waals surface area (Å²) in [5.41, 5.74) is -2.68. The quantitative estimate of drug-likeness (QED) is 0.182. The van der Waals surface area contributed by atoms with Crippen LogP contribution in [0.4, 0.5) is 0 Å². The molecule has 51 heavy (non-hydrogen) atoms. The van der Waals surface area contributed by atoms with Gasteiger partial charge < -0.3 is 33.0 Å². The third-order valence-electron chi connectivity index (χ3n) is 9.32. The zero-order chi connectivity index (χ0) is 39.3. The van der Waals surface area contributed by atoms with Gasteiger partial charge in [-0.25, -0.2) is 0 Å². The van der Waals surface area contributed by atoms with Gasteiger partial charge in [0.15, 0.2) is 18.3 Å². The highest BCUT2D eigenvalue weighted by atomic mass is 16.7. The van der Waals surface area contributed by atoms with E-state index in [0.29, 0.717) is 5.56 Å². The van der Waals surface area contributed by atoms with Gasteiger partial charge in [0, 0.05) is 0 Å². The molecule has 0 radical (unpaired) electrons. The molecular weight excluding hydrogens is 655 g/mol. The van der Waals surface area contributed by atoms with Crippen molar-refractivity contribution in [1.29, 1.82) is 0 Å². The molecule has 2 saturated heterocycles. The Balaban J connectivity index is 2.23. The largest absolute Gasteiger partial charge is 0.494 e. The van der Waals surface area contributed by atoms with Crippen LogP contribution in [0.5, 0.6) is 0 Å². The van der Waals surface area contributed by atoms with Crippen LogP contribution in [0.1, 0.15) is 128 Å². The summed E-state index contributed by atoms with van der Waals surface area (Å²) in [4.78, 5) is 53.8. The Labute approximate surface area is 305 Å². The van der Waals surface area contributed by atoms with E-state index in [1.54, 1.807) is 83.1 Å². The fourth-order valence-electron chi connectivity index (χ4n) is 5.12. The van der Waals surface area contributed by atoms with Gasteiger partial charge in [0.1, 0.15) is 18.8 Å². The molecule has 2 aliphatic rings. The minimum Gasteiger partial charge on any atom is -0.462 e. The van der Waals surface area contributed by atoms with Crippen molar-refractivity contribution in [2.24, 2.45) is 21.7 Å². The van der Waals surface area contributed by atoms with Crippen LogP contribution >= 0.6 is 0 Å². The Morgan fingerprint density at radius 3 is 1.47 bits per heavy atom. The SMILES string of the molecule is Cc1cc(B2OC(C)(C)C(C)(C)O2)ccc1[C@H]1O[C@H](COC(=O)C(C)(C)C)[C@@H](OC(=O)C(C)(C)C)[C@H](OC(=O)C(C)(C)C)[C@@H]1OC(=O)C(C)(C)C. The van der Waals surface area contributed by atoms with Crippen LogP contribution in [-0.4, -0.2) is 73.2 Å². The molecule has 0 N–H and O–H groups in total. The minimum atomic E-state index is -1.34. The molecule has 2 fully saturated rings. The van der Waals surface area contributed by atoms with Crippen LogP contribution in [0, 0.1) is 28.6 Å². The lowest BCUT2D eigenvalue weighted by Gasteiger charge is -2.46. The predicted octanol–water partition coefficient (Wildman–Crippen LogP) is 6.20. The second-order valence-corrected chi connectivity index (χ2v) is 19.0. The van der Waals surface area contributed by atoms with Gasteiger partial charge in [0.25, 0.3) is 0 Å². The Bertz CT molecular complexity index is 1450. The molecule has 0 spiro atoms. The maximum atomic E-state index is 13.6. The highest BCUT2D eigenvalue weighted by molar-refractivity contribution is 6.62. The number of ether oxygens (including phenoxy) is 5. The lowest BCUT2D eigenvalue weighted by atomic mass is 9.77. The first-order valence-electron chi connectivity index (χ1n) is 17.8. The third kappa shape index (κ3) is 9.93. The van der Waals surface area contributed by atoms with Crippen molar-refractivity contribution in [2.45, 2.75) is 159 Å². The molecule has 0 unspecified atom stereocenters. The van der Waals surface area contributed by atoms with E-state index in [-0.39, 0.29) is 6.61 Å². The van der Waals surface area contributed by atoms with Crippen LogP contribution in [0.3, 0.4) is 0 Å². The molecule has 286 valence electrons. The second-order valence-electron chi connectivity index (χ2n) is 19.0. The van der Waals surface area contributed by atoms with E-state index in [0.717, 1.165) is 11.0 Å². The number of carbonyl (C=O) groups excluding carboxylic acids is 4. The summed E-state index contributed by atoms with van der Waals surface area (Å²) in [6.45, 7) is 29.9. The van der Waals surface area contributed by atoms with Crippen molar-refractivity contribution >= 4 is 36.5 Å². The summed E-state index contributed by atoms with van der Waals surface area (Å²) < 4.78 is 43.6. The Hall–Kier alpha value is -2.96. The van der Waals surface area contributed by atoms with Crippen molar-refractivity contribution < 1.29 is 52.2 Å². The topological polar surface area (TPSA) is 133 Å². The predicted molar refractivity (Wildman–Crippen MR) is 193 cm³/mol. The lowest BCUT2D eigenvalue weighted by molar-refractivity contribution is -0.262. The van der Waals surface area contributed by atoms with Crippen LogP contribution < -0.4 is 5.46 Å². The van der Waals surface area contributed by atoms with Crippen LogP contribution in [0.2, 0.25) is 0 Å². The zero-order valence-corrected chi connectivity index (χ0v) is 33.9. The molecule has 2 aliphatic heterocycles. The van der Waals surface area contributed by atoms with Gasteiger partial charge in [-0.05, 0) is 134 Å². The number of carbonyl (C=O) groups is 4. The van der Waals surface area contributed by atoms with Crippen molar-refractivity contribution in [2.75, 3.05) is 6.61 Å². The summed E-state index contributed by atoms with van der Waals surface area (Å²) >= 11 is 0. The Kier molecular flexibility index (Phi) is 12.0. The van der Waals surface area contributed by atoms with Crippen molar-refractivity contribution in [3.8, 4) is 0 Å². The Morgan fingerprint density at radius 1 is 0.647 bits per heavy atom. The summed E-state index contributed by atoms with van der Waals surface area (Å²) in [6.07, 6.45) is -6.07. The first-order chi connectivity index (χ1) is 22.9. The zero-order valence-electron chi connectivity index (χ0n) is 33.9. The molecule has 0 aliphatic carbocycles. The maximum Gasteiger partial charge on any atom is 0.494 e. The highest BCUT2D eigenvalue weighted by Gasteiger charge is 2.56. The van der Waals surface area contributed by atoms with E-state index < -0.39 is 94.4 Å². The van der Waals surface area contributed by atoms with Gasteiger partial charge in [-0.1, -0.05) is 18.2 Å². The van der Waals surface area contributed by atoms with Crippen LogP contribution in [0.15, 0.2) is 18.2 Å². The average molecular weight is 717 g/mol. The first kappa shape index (κ1) is 42.5. The minimum absolute atomic E-state index is 0.330. The van der Waals surface area contributed by atoms with Gasteiger partial charge in [-0.2, -0.15) is 0 Å². The van der Waals surface area contributed by atoms with Crippen LogP contribution in [-0.2, 0) is 52.2 Å². The van der Waals surface area contributed by atoms with Gasteiger partial charge in [-0.15, -0.1) is 0 Å². The second kappa shape index (κ2) is 14.5. The van der Waals surface area contributed by atoms with Gasteiger partial charge >= 0.3 is 31.0 Å². The average Bonchev–Trinajstić information content (AvgIpc) is 3.17. The molecule has 0 amide bonds. The molecule has 3 rings (SSSR count). The molecule has 12 heteroatoms. The van der Waals surface area contributed by atoms with E-state index in [2.05, 4.69) is 0 Å². The first-order valence-corrected chi connectivity index (χ1v) is 17.8. The summed E-state index contributed by atoms with van der Waals surface area (Å²) in [5, 5.41) is 0. The molecule has 0 aromatic heterocycles. The van der Waals surface area contributed by atoms with E-state index >= 15 is 0 Å². The van der Waals surface area contributed by atoms with Crippen molar-refractivity contribution in [3.63, 3.8) is 0 Å². The standard InChI is InChI=1S/C39H61BO11/c1-22-20-23(40-50-38(14,15)39(16,17)51-40)18-19-24(22)26-28(48-32(43)36(8,9)10)29(49-33(44)37(11,12)13)27(47-31(42)35(5,6)7)25(46-26)21-45-30(41)34(2,3)4/h18-20,25-29H,21H2,1-17H3/t25-,26-,27-,28-,29+/m1/s1. The van der Waals surface area contributed by atoms with Gasteiger partial charge in [-0.3, -0.25) is 19.2 Å². The molecule has 0 saturated carbocycles. The van der Waals surface area contributed by atoms with E-state index in [9.17, 15) is 19.2 Å². The van der Waals surface area contributed by atoms with E-state index in [1.807, 2.05) is 52.8 Å². The van der Waals surface area contributed by atoms with Gasteiger partial charge in [0.2, 0.25) is 0 Å². The molecule has 1 aromatic rings.